The monoisotopic (exact) mass is 325 g/mol. The average Bonchev–Trinajstić information content (AvgIpc) is 3.08. The van der Waals surface area contributed by atoms with E-state index in [0.29, 0.717) is 6.54 Å². The summed E-state index contributed by atoms with van der Waals surface area (Å²) >= 11 is 0. The van der Waals surface area contributed by atoms with E-state index in [-0.39, 0.29) is 30.2 Å². The van der Waals surface area contributed by atoms with Gasteiger partial charge in [0.25, 0.3) is 0 Å². The summed E-state index contributed by atoms with van der Waals surface area (Å²) in [5.41, 5.74) is 1.76. The van der Waals surface area contributed by atoms with Crippen LogP contribution < -0.4 is 0 Å². The molecule has 1 saturated heterocycles. The molecule has 0 aromatic heterocycles. The number of carboxylic acid groups (broad SMARTS) is 1. The summed E-state index contributed by atoms with van der Waals surface area (Å²) in [6, 6.07) is 5.26. The van der Waals surface area contributed by atoms with Crippen LogP contribution in [0.15, 0.2) is 18.2 Å². The van der Waals surface area contributed by atoms with Crippen LogP contribution in [0.2, 0.25) is 0 Å². The minimum absolute atomic E-state index is 0. The number of aliphatic carboxylic acids is 1. The highest BCUT2D eigenvalue weighted by Crippen LogP contribution is 2.52. The van der Waals surface area contributed by atoms with Crippen molar-refractivity contribution >= 4 is 18.4 Å². The molecule has 1 aliphatic heterocycles. The number of likely N-dealkylation sites (tertiary alicyclic amines) is 1. The number of fused-ring (bicyclic) bond motifs is 2. The minimum Gasteiger partial charge on any atom is -0.481 e. The van der Waals surface area contributed by atoms with Crippen molar-refractivity contribution in [1.82, 2.24) is 4.90 Å². The predicted octanol–water partition coefficient (Wildman–Crippen LogP) is 3.42. The number of hydrogen-bond acceptors (Lipinski definition) is 2. The molecule has 4 rings (SSSR count). The molecule has 3 aliphatic rings. The SMILES string of the molecule is Cl.O=C(O)[C@@]12CCC[C@H]1CN(C1CCc3ccc(F)cc31)C2. The number of benzene rings is 1. The Kier molecular flexibility index (Phi) is 3.94. The molecule has 1 saturated carbocycles. The Morgan fingerprint density at radius 3 is 2.91 bits per heavy atom. The average molecular weight is 326 g/mol. The van der Waals surface area contributed by atoms with Crippen molar-refractivity contribution in [3.8, 4) is 0 Å². The Hall–Kier alpha value is -1.13. The molecule has 2 fully saturated rings. The zero-order valence-electron chi connectivity index (χ0n) is 12.4. The second-order valence-corrected chi connectivity index (χ2v) is 6.88. The lowest BCUT2D eigenvalue weighted by Gasteiger charge is -2.27. The van der Waals surface area contributed by atoms with E-state index < -0.39 is 11.4 Å². The highest BCUT2D eigenvalue weighted by atomic mass is 35.5. The van der Waals surface area contributed by atoms with Crippen LogP contribution >= 0.6 is 12.4 Å². The Morgan fingerprint density at radius 2 is 2.18 bits per heavy atom. The van der Waals surface area contributed by atoms with Crippen molar-refractivity contribution in [3.05, 3.63) is 35.1 Å². The van der Waals surface area contributed by atoms with Crippen LogP contribution in [-0.2, 0) is 11.2 Å². The first-order chi connectivity index (χ1) is 10.1. The van der Waals surface area contributed by atoms with Crippen molar-refractivity contribution < 1.29 is 14.3 Å². The largest absolute Gasteiger partial charge is 0.481 e. The smallest absolute Gasteiger partial charge is 0.311 e. The molecule has 5 heteroatoms. The van der Waals surface area contributed by atoms with Gasteiger partial charge in [-0.15, -0.1) is 12.4 Å². The molecule has 0 spiro atoms. The fourth-order valence-electron chi connectivity index (χ4n) is 4.85. The van der Waals surface area contributed by atoms with Crippen molar-refractivity contribution in [1.29, 1.82) is 0 Å². The minimum atomic E-state index is -0.634. The van der Waals surface area contributed by atoms with Crippen LogP contribution in [0.5, 0.6) is 0 Å². The lowest BCUT2D eigenvalue weighted by Crippen LogP contribution is -2.36. The molecule has 22 heavy (non-hydrogen) atoms. The van der Waals surface area contributed by atoms with Crippen molar-refractivity contribution in [2.45, 2.75) is 38.1 Å². The lowest BCUT2D eigenvalue weighted by molar-refractivity contribution is -0.149. The zero-order valence-corrected chi connectivity index (χ0v) is 13.2. The Morgan fingerprint density at radius 1 is 1.36 bits per heavy atom. The molecular weight excluding hydrogens is 305 g/mol. The molecule has 0 radical (unpaired) electrons. The predicted molar refractivity (Wildman–Crippen MR) is 83.7 cm³/mol. The molecular formula is C17H21ClFNO2. The fraction of sp³-hybridized carbons (Fsp3) is 0.588. The van der Waals surface area contributed by atoms with Crippen LogP contribution in [0.4, 0.5) is 4.39 Å². The summed E-state index contributed by atoms with van der Waals surface area (Å²) < 4.78 is 13.5. The molecule has 2 aliphatic carbocycles. The van der Waals surface area contributed by atoms with Crippen molar-refractivity contribution in [3.63, 3.8) is 0 Å². The maximum atomic E-state index is 13.5. The van der Waals surface area contributed by atoms with E-state index in [1.165, 1.54) is 11.6 Å². The number of aryl methyl sites for hydroxylation is 1. The van der Waals surface area contributed by atoms with Crippen LogP contribution in [0.25, 0.3) is 0 Å². The maximum absolute atomic E-state index is 13.5. The van der Waals surface area contributed by atoms with Gasteiger partial charge in [-0.3, -0.25) is 9.69 Å². The summed E-state index contributed by atoms with van der Waals surface area (Å²) in [6.07, 6.45) is 4.81. The number of hydrogen-bond donors (Lipinski definition) is 1. The fourth-order valence-corrected chi connectivity index (χ4v) is 4.85. The standard InChI is InChI=1S/C17H20FNO2.ClH/c18-13-5-3-11-4-6-15(14(11)8-13)19-9-12-2-1-7-17(12,10-19)16(20)21;/h3,5,8,12,15H,1-2,4,6-7,9-10H2,(H,20,21);1H/t12-,15?,17+;/m0./s1. The first-order valence-electron chi connectivity index (χ1n) is 7.86. The van der Waals surface area contributed by atoms with E-state index in [9.17, 15) is 14.3 Å². The van der Waals surface area contributed by atoms with Gasteiger partial charge in [0.2, 0.25) is 0 Å². The zero-order chi connectivity index (χ0) is 14.6. The molecule has 1 N–H and O–H groups in total. The summed E-state index contributed by atoms with van der Waals surface area (Å²) in [5.74, 6) is -0.550. The van der Waals surface area contributed by atoms with E-state index in [1.807, 2.05) is 6.07 Å². The maximum Gasteiger partial charge on any atom is 0.311 e. The third-order valence-electron chi connectivity index (χ3n) is 5.92. The normalized spacial score (nSPS) is 33.3. The quantitative estimate of drug-likeness (QED) is 0.905. The number of nitrogens with zero attached hydrogens (tertiary/aromatic N) is 1. The van der Waals surface area contributed by atoms with E-state index in [2.05, 4.69) is 4.90 Å². The lowest BCUT2D eigenvalue weighted by atomic mass is 9.81. The van der Waals surface area contributed by atoms with Gasteiger partial charge in [0.05, 0.1) is 5.41 Å². The van der Waals surface area contributed by atoms with Gasteiger partial charge in [-0.05, 0) is 54.9 Å². The topological polar surface area (TPSA) is 40.5 Å². The van der Waals surface area contributed by atoms with E-state index in [4.69, 9.17) is 0 Å². The first kappa shape index (κ1) is 15.8. The molecule has 1 unspecified atom stereocenters. The summed E-state index contributed by atoms with van der Waals surface area (Å²) in [7, 11) is 0. The molecule has 3 atom stereocenters. The third kappa shape index (κ3) is 2.16. The summed E-state index contributed by atoms with van der Waals surface area (Å²) in [5, 5.41) is 9.69. The van der Waals surface area contributed by atoms with Crippen molar-refractivity contribution in [2.24, 2.45) is 11.3 Å². The van der Waals surface area contributed by atoms with Crippen LogP contribution in [-0.4, -0.2) is 29.1 Å². The van der Waals surface area contributed by atoms with Gasteiger partial charge in [0, 0.05) is 19.1 Å². The molecule has 0 amide bonds. The summed E-state index contributed by atoms with van der Waals surface area (Å²) in [6.45, 7) is 1.49. The van der Waals surface area contributed by atoms with Gasteiger partial charge in [-0.1, -0.05) is 12.5 Å². The van der Waals surface area contributed by atoms with Gasteiger partial charge in [-0.2, -0.15) is 0 Å². The Bertz CT molecular complexity index is 608. The summed E-state index contributed by atoms with van der Waals surface area (Å²) in [4.78, 5) is 14.1. The highest BCUT2D eigenvalue weighted by molar-refractivity contribution is 5.85. The Labute approximate surface area is 135 Å². The first-order valence-corrected chi connectivity index (χ1v) is 7.86. The molecule has 1 heterocycles. The van der Waals surface area contributed by atoms with E-state index >= 15 is 0 Å². The van der Waals surface area contributed by atoms with Crippen LogP contribution in [0, 0.1) is 17.2 Å². The molecule has 0 bridgehead atoms. The third-order valence-corrected chi connectivity index (χ3v) is 5.92. The van der Waals surface area contributed by atoms with Crippen LogP contribution in [0.3, 0.4) is 0 Å². The molecule has 120 valence electrons. The van der Waals surface area contributed by atoms with Crippen LogP contribution in [0.1, 0.15) is 42.9 Å². The van der Waals surface area contributed by atoms with Gasteiger partial charge in [-0.25, -0.2) is 4.39 Å². The highest BCUT2D eigenvalue weighted by Gasteiger charge is 2.56. The molecule has 3 nitrogen and oxygen atoms in total. The van der Waals surface area contributed by atoms with Gasteiger partial charge >= 0.3 is 5.97 Å². The number of carbonyl (C=O) groups is 1. The second kappa shape index (κ2) is 5.50. The van der Waals surface area contributed by atoms with Gasteiger partial charge in [0.15, 0.2) is 0 Å². The molecule has 1 aromatic rings. The van der Waals surface area contributed by atoms with Gasteiger partial charge < -0.3 is 5.11 Å². The number of carboxylic acids is 1. The second-order valence-electron chi connectivity index (χ2n) is 6.88. The number of halogens is 2. The number of rotatable bonds is 2. The van der Waals surface area contributed by atoms with Gasteiger partial charge in [0.1, 0.15) is 5.82 Å². The molecule has 1 aromatic carbocycles. The Balaban J connectivity index is 0.00000144. The van der Waals surface area contributed by atoms with E-state index in [0.717, 1.165) is 44.2 Å². The van der Waals surface area contributed by atoms with Crippen molar-refractivity contribution in [2.75, 3.05) is 13.1 Å². The van der Waals surface area contributed by atoms with E-state index in [1.54, 1.807) is 6.07 Å².